The molecule has 2 fully saturated rings. The first kappa shape index (κ1) is 22.8. The summed E-state index contributed by atoms with van der Waals surface area (Å²) in [5, 5.41) is 15.6. The van der Waals surface area contributed by atoms with Crippen LogP contribution in [0.25, 0.3) is 0 Å². The van der Waals surface area contributed by atoms with Crippen molar-refractivity contribution in [2.24, 2.45) is 12.5 Å². The molecule has 0 bridgehead atoms. The minimum atomic E-state index is -0.535. The van der Waals surface area contributed by atoms with Crippen LogP contribution in [0.4, 0.5) is 5.69 Å². The fourth-order valence-electron chi connectivity index (χ4n) is 5.00. The Kier molecular flexibility index (Phi) is 6.09. The third kappa shape index (κ3) is 4.29. The molecule has 176 valence electrons. The number of nitrogens with zero attached hydrogens (tertiary/aromatic N) is 5. The molecule has 0 N–H and O–H groups in total. The Bertz CT molecular complexity index is 1070. The minimum Gasteiger partial charge on any atom is -0.494 e. The zero-order valence-electron chi connectivity index (χ0n) is 19.2. The zero-order valence-corrected chi connectivity index (χ0v) is 19.2. The van der Waals surface area contributed by atoms with Crippen LogP contribution >= 0.6 is 0 Å². The van der Waals surface area contributed by atoms with E-state index in [2.05, 4.69) is 5.10 Å². The average molecular weight is 456 g/mol. The molecule has 2 aromatic rings. The highest BCUT2D eigenvalue weighted by atomic mass is 16.6. The van der Waals surface area contributed by atoms with Gasteiger partial charge in [0, 0.05) is 38.8 Å². The van der Waals surface area contributed by atoms with E-state index in [0.717, 1.165) is 25.0 Å². The van der Waals surface area contributed by atoms with Gasteiger partial charge in [0.15, 0.2) is 0 Å². The van der Waals surface area contributed by atoms with E-state index in [0.29, 0.717) is 38.3 Å². The number of carbonyl (C=O) groups excluding carboxylic acids is 2. The SMILES string of the molecule is CCOc1ccc(C(=O)N2CCC3(CC2)CCN(C(=O)c2c([N+](=O)[O-])c(C)nn2C)C3)cc1. The van der Waals surface area contributed by atoms with Gasteiger partial charge in [-0.2, -0.15) is 5.10 Å². The summed E-state index contributed by atoms with van der Waals surface area (Å²) in [7, 11) is 1.56. The molecule has 1 aromatic carbocycles. The van der Waals surface area contributed by atoms with Gasteiger partial charge in [0.2, 0.25) is 5.69 Å². The summed E-state index contributed by atoms with van der Waals surface area (Å²) >= 11 is 0. The summed E-state index contributed by atoms with van der Waals surface area (Å²) in [5.74, 6) is 0.389. The molecule has 2 aliphatic heterocycles. The van der Waals surface area contributed by atoms with E-state index in [-0.39, 0.29) is 34.3 Å². The maximum Gasteiger partial charge on any atom is 0.322 e. The van der Waals surface area contributed by atoms with Crippen molar-refractivity contribution in [2.75, 3.05) is 32.8 Å². The highest BCUT2D eigenvalue weighted by molar-refractivity contribution is 5.97. The number of likely N-dealkylation sites (tertiary alicyclic amines) is 2. The molecule has 2 saturated heterocycles. The van der Waals surface area contributed by atoms with E-state index >= 15 is 0 Å². The molecule has 3 heterocycles. The van der Waals surface area contributed by atoms with Crippen molar-refractivity contribution in [1.82, 2.24) is 19.6 Å². The quantitative estimate of drug-likeness (QED) is 0.506. The Hall–Kier alpha value is -3.43. The van der Waals surface area contributed by atoms with E-state index < -0.39 is 4.92 Å². The molecule has 10 heteroatoms. The number of amides is 2. The van der Waals surface area contributed by atoms with Crippen LogP contribution in [0.15, 0.2) is 24.3 Å². The van der Waals surface area contributed by atoms with Crippen LogP contribution in [0.5, 0.6) is 5.75 Å². The van der Waals surface area contributed by atoms with Crippen LogP contribution in [-0.4, -0.2) is 69.1 Å². The first-order valence-corrected chi connectivity index (χ1v) is 11.2. The molecule has 0 atom stereocenters. The number of carbonyl (C=O) groups is 2. The Balaban J connectivity index is 1.40. The second-order valence-corrected chi connectivity index (χ2v) is 8.89. The van der Waals surface area contributed by atoms with Gasteiger partial charge in [0.25, 0.3) is 11.8 Å². The molecular formula is C23H29N5O5. The Labute approximate surface area is 192 Å². The molecule has 0 radical (unpaired) electrons. The van der Waals surface area contributed by atoms with Gasteiger partial charge in [-0.1, -0.05) is 0 Å². The van der Waals surface area contributed by atoms with Crippen molar-refractivity contribution >= 4 is 17.5 Å². The highest BCUT2D eigenvalue weighted by Gasteiger charge is 2.44. The molecule has 1 aromatic heterocycles. The topological polar surface area (TPSA) is 111 Å². The van der Waals surface area contributed by atoms with Crippen LogP contribution in [0.3, 0.4) is 0 Å². The second-order valence-electron chi connectivity index (χ2n) is 8.89. The van der Waals surface area contributed by atoms with Crippen molar-refractivity contribution in [2.45, 2.75) is 33.1 Å². The number of ether oxygens (including phenoxy) is 1. The molecule has 33 heavy (non-hydrogen) atoms. The van der Waals surface area contributed by atoms with E-state index in [1.165, 1.54) is 11.6 Å². The van der Waals surface area contributed by atoms with Crippen molar-refractivity contribution in [3.63, 3.8) is 0 Å². The fraction of sp³-hybridized carbons (Fsp3) is 0.522. The lowest BCUT2D eigenvalue weighted by Crippen LogP contribution is -2.44. The maximum absolute atomic E-state index is 13.1. The summed E-state index contributed by atoms with van der Waals surface area (Å²) < 4.78 is 6.74. The third-order valence-electron chi connectivity index (χ3n) is 6.82. The fourth-order valence-corrected chi connectivity index (χ4v) is 5.00. The van der Waals surface area contributed by atoms with E-state index in [4.69, 9.17) is 4.74 Å². The largest absolute Gasteiger partial charge is 0.494 e. The van der Waals surface area contributed by atoms with Gasteiger partial charge in [-0.15, -0.1) is 0 Å². The standard InChI is InChI=1S/C23H29N5O5/c1-4-33-18-7-5-17(6-8-18)21(29)26-12-9-23(10-13-26)11-14-27(15-23)22(30)20-19(28(31)32)16(2)24-25(20)3/h5-8H,4,9-15H2,1-3H3. The Morgan fingerprint density at radius 1 is 1.09 bits per heavy atom. The van der Waals surface area contributed by atoms with E-state index in [1.807, 2.05) is 24.0 Å². The summed E-state index contributed by atoms with van der Waals surface area (Å²) in [6.45, 7) is 6.37. The maximum atomic E-state index is 13.1. The predicted molar refractivity (Wildman–Crippen MR) is 120 cm³/mol. The Morgan fingerprint density at radius 2 is 1.70 bits per heavy atom. The number of aryl methyl sites for hydroxylation is 2. The number of benzene rings is 1. The zero-order chi connectivity index (χ0) is 23.8. The first-order valence-electron chi connectivity index (χ1n) is 11.2. The molecule has 4 rings (SSSR count). The lowest BCUT2D eigenvalue weighted by atomic mass is 9.77. The van der Waals surface area contributed by atoms with Crippen LogP contribution in [0, 0.1) is 22.5 Å². The van der Waals surface area contributed by atoms with Gasteiger partial charge >= 0.3 is 5.69 Å². The molecule has 0 unspecified atom stereocenters. The van der Waals surface area contributed by atoms with Gasteiger partial charge < -0.3 is 14.5 Å². The molecule has 10 nitrogen and oxygen atoms in total. The van der Waals surface area contributed by atoms with Crippen molar-refractivity contribution in [3.05, 3.63) is 51.3 Å². The normalized spacial score (nSPS) is 17.4. The van der Waals surface area contributed by atoms with Gasteiger partial charge in [-0.3, -0.25) is 24.4 Å². The monoisotopic (exact) mass is 455 g/mol. The summed E-state index contributed by atoms with van der Waals surface area (Å²) in [6.07, 6.45) is 2.42. The second kappa shape index (κ2) is 8.84. The Morgan fingerprint density at radius 3 is 2.27 bits per heavy atom. The van der Waals surface area contributed by atoms with E-state index in [1.54, 1.807) is 24.1 Å². The third-order valence-corrected chi connectivity index (χ3v) is 6.82. The summed E-state index contributed by atoms with van der Waals surface area (Å²) in [5.41, 5.74) is 0.613. The summed E-state index contributed by atoms with van der Waals surface area (Å²) in [4.78, 5) is 40.6. The van der Waals surface area contributed by atoms with Crippen LogP contribution in [0.1, 0.15) is 52.7 Å². The molecule has 0 aliphatic carbocycles. The lowest BCUT2D eigenvalue weighted by Gasteiger charge is -2.39. The molecule has 2 amide bonds. The highest BCUT2D eigenvalue weighted by Crippen LogP contribution is 2.41. The van der Waals surface area contributed by atoms with E-state index in [9.17, 15) is 19.7 Å². The average Bonchev–Trinajstić information content (AvgIpc) is 3.34. The molecule has 2 aliphatic rings. The smallest absolute Gasteiger partial charge is 0.322 e. The van der Waals surface area contributed by atoms with Crippen molar-refractivity contribution in [3.8, 4) is 5.75 Å². The van der Waals surface area contributed by atoms with Gasteiger partial charge in [0.05, 0.1) is 11.5 Å². The number of piperidine rings is 1. The summed E-state index contributed by atoms with van der Waals surface area (Å²) in [6, 6.07) is 7.19. The number of aromatic nitrogens is 2. The van der Waals surface area contributed by atoms with Crippen molar-refractivity contribution in [1.29, 1.82) is 0 Å². The minimum absolute atomic E-state index is 0.000173. The number of hydrogen-bond acceptors (Lipinski definition) is 6. The molecule has 1 spiro atoms. The molecular weight excluding hydrogens is 426 g/mol. The van der Waals surface area contributed by atoms with Crippen LogP contribution < -0.4 is 4.74 Å². The van der Waals surface area contributed by atoms with Gasteiger partial charge in [0.1, 0.15) is 11.4 Å². The molecule has 0 saturated carbocycles. The number of hydrogen-bond donors (Lipinski definition) is 0. The lowest BCUT2D eigenvalue weighted by molar-refractivity contribution is -0.385. The predicted octanol–water partition coefficient (Wildman–Crippen LogP) is 2.80. The number of nitro groups is 1. The van der Waals surface area contributed by atoms with Gasteiger partial charge in [-0.25, -0.2) is 0 Å². The van der Waals surface area contributed by atoms with Crippen molar-refractivity contribution < 1.29 is 19.2 Å². The van der Waals surface area contributed by atoms with Gasteiger partial charge in [-0.05, 0) is 62.8 Å². The first-order chi connectivity index (χ1) is 15.7. The van der Waals surface area contributed by atoms with Crippen LogP contribution in [0.2, 0.25) is 0 Å². The number of rotatable bonds is 5. The van der Waals surface area contributed by atoms with Crippen LogP contribution in [-0.2, 0) is 7.05 Å².